The molecule has 0 aromatic rings. The minimum absolute atomic E-state index is 0.165. The molecule has 0 spiro atoms. The van der Waals surface area contributed by atoms with Gasteiger partial charge in [0.1, 0.15) is 0 Å². The van der Waals surface area contributed by atoms with Crippen LogP contribution in [0.4, 0.5) is 0 Å². The molecule has 1 saturated heterocycles. The number of rotatable bonds is 5. The second-order valence-corrected chi connectivity index (χ2v) is 4.60. The van der Waals surface area contributed by atoms with Crippen molar-refractivity contribution in [3.63, 3.8) is 0 Å². The van der Waals surface area contributed by atoms with E-state index < -0.39 is 0 Å². The Hall–Kier alpha value is -0.610. The Kier molecular flexibility index (Phi) is 5.77. The average Bonchev–Trinajstić information content (AvgIpc) is 2.35. The van der Waals surface area contributed by atoms with Crippen molar-refractivity contribution in [1.82, 2.24) is 4.90 Å². The van der Waals surface area contributed by atoms with Crippen molar-refractivity contribution in [2.45, 2.75) is 26.7 Å². The summed E-state index contributed by atoms with van der Waals surface area (Å²) in [4.78, 5) is 14.1. The predicted octanol–water partition coefficient (Wildman–Crippen LogP) is 0.856. The molecular weight excluding hydrogens is 204 g/mol. The summed E-state index contributed by atoms with van der Waals surface area (Å²) in [6.07, 6.45) is 1.73. The molecular formula is C12H24N2O2. The van der Waals surface area contributed by atoms with Gasteiger partial charge in [-0.1, -0.05) is 6.92 Å². The van der Waals surface area contributed by atoms with Crippen LogP contribution >= 0.6 is 0 Å². The van der Waals surface area contributed by atoms with Crippen molar-refractivity contribution in [1.29, 1.82) is 0 Å². The molecule has 1 amide bonds. The van der Waals surface area contributed by atoms with E-state index >= 15 is 0 Å². The lowest BCUT2D eigenvalue weighted by molar-refractivity contribution is -0.138. The van der Waals surface area contributed by atoms with Crippen LogP contribution in [0.5, 0.6) is 0 Å². The normalized spacial score (nSPS) is 19.4. The quantitative estimate of drug-likeness (QED) is 0.759. The van der Waals surface area contributed by atoms with Gasteiger partial charge in [-0.25, -0.2) is 0 Å². The number of amides is 1. The monoisotopic (exact) mass is 228 g/mol. The van der Waals surface area contributed by atoms with E-state index in [1.165, 1.54) is 0 Å². The Labute approximate surface area is 98.1 Å². The highest BCUT2D eigenvalue weighted by Crippen LogP contribution is 2.18. The summed E-state index contributed by atoms with van der Waals surface area (Å²) >= 11 is 0. The van der Waals surface area contributed by atoms with E-state index in [1.54, 1.807) is 0 Å². The smallest absolute Gasteiger partial charge is 0.225 e. The summed E-state index contributed by atoms with van der Waals surface area (Å²) in [5.74, 6) is 0.827. The molecule has 0 radical (unpaired) electrons. The zero-order chi connectivity index (χ0) is 12.0. The van der Waals surface area contributed by atoms with E-state index in [0.29, 0.717) is 12.5 Å². The minimum Gasteiger partial charge on any atom is -0.381 e. The Morgan fingerprint density at radius 2 is 2.12 bits per heavy atom. The van der Waals surface area contributed by atoms with E-state index in [4.69, 9.17) is 10.5 Å². The lowest BCUT2D eigenvalue weighted by atomic mass is 9.98. The molecule has 1 fully saturated rings. The molecule has 1 unspecified atom stereocenters. The summed E-state index contributed by atoms with van der Waals surface area (Å²) in [5.41, 5.74) is 5.60. The maximum Gasteiger partial charge on any atom is 0.225 e. The third-order valence-electron chi connectivity index (χ3n) is 3.20. The minimum atomic E-state index is 0.165. The Morgan fingerprint density at radius 1 is 1.50 bits per heavy atom. The number of hydrogen-bond acceptors (Lipinski definition) is 3. The van der Waals surface area contributed by atoms with Gasteiger partial charge in [0.25, 0.3) is 0 Å². The number of hydrogen-bond donors (Lipinski definition) is 1. The first-order valence-corrected chi connectivity index (χ1v) is 6.25. The van der Waals surface area contributed by atoms with E-state index in [-0.39, 0.29) is 11.8 Å². The number of nitrogens with zero attached hydrogens (tertiary/aromatic N) is 1. The van der Waals surface area contributed by atoms with Gasteiger partial charge < -0.3 is 15.4 Å². The fourth-order valence-corrected chi connectivity index (χ4v) is 2.03. The molecule has 0 aliphatic carbocycles. The molecule has 1 aliphatic rings. The third kappa shape index (κ3) is 3.76. The largest absolute Gasteiger partial charge is 0.381 e. The fraction of sp³-hybridized carbons (Fsp3) is 0.917. The van der Waals surface area contributed by atoms with Crippen LogP contribution in [0.1, 0.15) is 26.7 Å². The second-order valence-electron chi connectivity index (χ2n) is 4.60. The number of nitrogens with two attached hydrogens (primary N) is 1. The van der Waals surface area contributed by atoms with Gasteiger partial charge >= 0.3 is 0 Å². The number of carbonyl (C=O) groups is 1. The summed E-state index contributed by atoms with van der Waals surface area (Å²) < 4.78 is 5.27. The van der Waals surface area contributed by atoms with Gasteiger partial charge in [-0.2, -0.15) is 0 Å². The first-order chi connectivity index (χ1) is 7.69. The topological polar surface area (TPSA) is 55.6 Å². The first-order valence-electron chi connectivity index (χ1n) is 6.25. The highest BCUT2D eigenvalue weighted by molar-refractivity contribution is 5.78. The van der Waals surface area contributed by atoms with Crippen molar-refractivity contribution >= 4 is 5.91 Å². The van der Waals surface area contributed by atoms with Crippen LogP contribution in [0.3, 0.4) is 0 Å². The van der Waals surface area contributed by atoms with Crippen molar-refractivity contribution < 1.29 is 9.53 Å². The number of ether oxygens (including phenoxy) is 1. The lowest BCUT2D eigenvalue weighted by Crippen LogP contribution is -2.41. The van der Waals surface area contributed by atoms with Gasteiger partial charge in [0.15, 0.2) is 0 Å². The van der Waals surface area contributed by atoms with E-state index in [1.807, 2.05) is 11.8 Å². The average molecular weight is 228 g/mol. The highest BCUT2D eigenvalue weighted by atomic mass is 16.5. The maximum atomic E-state index is 12.2. The van der Waals surface area contributed by atoms with Gasteiger partial charge in [0, 0.05) is 32.2 Å². The van der Waals surface area contributed by atoms with Crippen LogP contribution in [-0.2, 0) is 9.53 Å². The van der Waals surface area contributed by atoms with Gasteiger partial charge in [0.2, 0.25) is 5.91 Å². The Morgan fingerprint density at radius 3 is 2.62 bits per heavy atom. The first kappa shape index (κ1) is 13.5. The van der Waals surface area contributed by atoms with Gasteiger partial charge in [0.05, 0.1) is 0 Å². The molecule has 1 rings (SSSR count). The Bertz CT molecular complexity index is 215. The fourth-order valence-electron chi connectivity index (χ4n) is 2.03. The van der Waals surface area contributed by atoms with Crippen molar-refractivity contribution in [2.75, 3.05) is 32.8 Å². The van der Waals surface area contributed by atoms with E-state index in [9.17, 15) is 4.79 Å². The zero-order valence-electron chi connectivity index (χ0n) is 10.4. The van der Waals surface area contributed by atoms with Crippen LogP contribution < -0.4 is 5.73 Å². The second kappa shape index (κ2) is 6.86. The van der Waals surface area contributed by atoms with Crippen LogP contribution in [-0.4, -0.2) is 43.7 Å². The molecule has 16 heavy (non-hydrogen) atoms. The van der Waals surface area contributed by atoms with E-state index in [2.05, 4.69) is 6.92 Å². The van der Waals surface area contributed by atoms with Crippen molar-refractivity contribution in [2.24, 2.45) is 17.6 Å². The van der Waals surface area contributed by atoms with E-state index in [0.717, 1.165) is 39.1 Å². The van der Waals surface area contributed by atoms with Gasteiger partial charge in [-0.3, -0.25) is 4.79 Å². The number of carbonyl (C=O) groups excluding carboxylic acids is 1. The van der Waals surface area contributed by atoms with Crippen LogP contribution in [0.15, 0.2) is 0 Å². The van der Waals surface area contributed by atoms with Crippen LogP contribution in [0.25, 0.3) is 0 Å². The predicted molar refractivity (Wildman–Crippen MR) is 64.0 cm³/mol. The van der Waals surface area contributed by atoms with Gasteiger partial charge in [-0.05, 0) is 32.2 Å². The molecule has 0 aromatic carbocycles. The standard InChI is InChI=1S/C12H24N2O2/c1-3-14(9-10(2)8-13)12(15)11-4-6-16-7-5-11/h10-11H,3-9,13H2,1-2H3. The van der Waals surface area contributed by atoms with Crippen molar-refractivity contribution in [3.05, 3.63) is 0 Å². The SMILES string of the molecule is CCN(CC(C)CN)C(=O)C1CCOCC1. The Balaban J connectivity index is 2.47. The molecule has 0 saturated carbocycles. The van der Waals surface area contributed by atoms with Crippen LogP contribution in [0, 0.1) is 11.8 Å². The molecule has 0 aromatic heterocycles. The maximum absolute atomic E-state index is 12.2. The molecule has 2 N–H and O–H groups in total. The summed E-state index contributed by atoms with van der Waals surface area (Å²) in [7, 11) is 0. The summed E-state index contributed by atoms with van der Waals surface area (Å²) in [6.45, 7) is 7.75. The lowest BCUT2D eigenvalue weighted by Gasteiger charge is -2.30. The molecule has 1 aliphatic heterocycles. The van der Waals surface area contributed by atoms with Crippen LogP contribution in [0.2, 0.25) is 0 Å². The van der Waals surface area contributed by atoms with Gasteiger partial charge in [-0.15, -0.1) is 0 Å². The molecule has 0 bridgehead atoms. The molecule has 4 heteroatoms. The zero-order valence-corrected chi connectivity index (χ0v) is 10.4. The molecule has 1 heterocycles. The molecule has 4 nitrogen and oxygen atoms in total. The molecule has 1 atom stereocenters. The summed E-state index contributed by atoms with van der Waals surface area (Å²) in [5, 5.41) is 0. The third-order valence-corrected chi connectivity index (χ3v) is 3.20. The molecule has 94 valence electrons. The highest BCUT2D eigenvalue weighted by Gasteiger charge is 2.26. The van der Waals surface area contributed by atoms with Crippen molar-refractivity contribution in [3.8, 4) is 0 Å². The summed E-state index contributed by atoms with van der Waals surface area (Å²) in [6, 6.07) is 0.